The fourth-order valence-electron chi connectivity index (χ4n) is 4.19. The van der Waals surface area contributed by atoms with Gasteiger partial charge < -0.3 is 9.47 Å². The minimum absolute atomic E-state index is 0.0419. The molecule has 0 aromatic heterocycles. The molecule has 4 heteroatoms. The van der Waals surface area contributed by atoms with Crippen molar-refractivity contribution in [2.75, 3.05) is 0 Å². The van der Waals surface area contributed by atoms with Crippen LogP contribution in [0.2, 0.25) is 0 Å². The molecule has 4 nitrogen and oxygen atoms in total. The van der Waals surface area contributed by atoms with Crippen molar-refractivity contribution < 1.29 is 19.1 Å². The van der Waals surface area contributed by atoms with E-state index in [0.29, 0.717) is 0 Å². The van der Waals surface area contributed by atoms with Gasteiger partial charge in [0, 0.05) is 5.92 Å². The summed E-state index contributed by atoms with van der Waals surface area (Å²) in [5.41, 5.74) is -0.826. The highest BCUT2D eigenvalue weighted by atomic mass is 16.6. The number of rotatable bonds is 7. The minimum Gasteiger partial charge on any atom is -0.460 e. The normalized spacial score (nSPS) is 23.0. The summed E-state index contributed by atoms with van der Waals surface area (Å²) in [5.74, 6) is 0.264. The van der Waals surface area contributed by atoms with E-state index >= 15 is 0 Å². The number of ether oxygens (including phenoxy) is 2. The molecular weight excluding hydrogens is 316 g/mol. The van der Waals surface area contributed by atoms with Crippen molar-refractivity contribution in [3.8, 4) is 0 Å². The Morgan fingerprint density at radius 2 is 1.28 bits per heavy atom. The Kier molecular flexibility index (Phi) is 7.48. The van der Waals surface area contributed by atoms with E-state index in [2.05, 4.69) is 0 Å². The summed E-state index contributed by atoms with van der Waals surface area (Å²) in [4.78, 5) is 25.1. The first-order valence-corrected chi connectivity index (χ1v) is 10.2. The molecule has 0 aromatic rings. The maximum atomic E-state index is 12.8. The third-order valence-electron chi connectivity index (χ3n) is 5.95. The molecule has 25 heavy (non-hydrogen) atoms. The number of carbonyl (C=O) groups is 2. The Balaban J connectivity index is 1.84. The molecule has 2 unspecified atom stereocenters. The molecule has 2 rings (SSSR count). The molecule has 2 aliphatic carbocycles. The molecule has 0 heterocycles. The lowest BCUT2D eigenvalue weighted by Gasteiger charge is -2.34. The number of hydrogen-bond acceptors (Lipinski definition) is 4. The molecule has 0 radical (unpaired) electrons. The van der Waals surface area contributed by atoms with Gasteiger partial charge in [-0.1, -0.05) is 38.5 Å². The Labute approximate surface area is 153 Å². The Bertz CT molecular complexity index is 445. The SMILES string of the molecule is CC(OC(=O)C1CCCCC1)C(C)OC(C)(C)C(=O)C1CCCCC1. The fraction of sp³-hybridized carbons (Fsp3) is 0.905. The van der Waals surface area contributed by atoms with E-state index < -0.39 is 5.60 Å². The largest absolute Gasteiger partial charge is 0.460 e. The molecule has 144 valence electrons. The number of esters is 1. The molecule has 0 aliphatic heterocycles. The second kappa shape index (κ2) is 9.16. The Hall–Kier alpha value is -0.900. The quantitative estimate of drug-likeness (QED) is 0.616. The predicted octanol–water partition coefficient (Wildman–Crippen LogP) is 4.83. The first kappa shape index (κ1) is 20.4. The van der Waals surface area contributed by atoms with E-state index in [1.165, 1.54) is 12.8 Å². The third kappa shape index (κ3) is 5.80. The van der Waals surface area contributed by atoms with Crippen LogP contribution in [-0.4, -0.2) is 29.6 Å². The molecule has 0 bridgehead atoms. The van der Waals surface area contributed by atoms with Crippen molar-refractivity contribution >= 4 is 11.8 Å². The Morgan fingerprint density at radius 1 is 0.800 bits per heavy atom. The number of carbonyl (C=O) groups excluding carboxylic acids is 2. The summed E-state index contributed by atoms with van der Waals surface area (Å²) in [5, 5.41) is 0. The van der Waals surface area contributed by atoms with Crippen LogP contribution in [0.3, 0.4) is 0 Å². The molecule has 2 aliphatic rings. The minimum atomic E-state index is -0.826. The van der Waals surface area contributed by atoms with Crippen LogP contribution >= 0.6 is 0 Å². The van der Waals surface area contributed by atoms with Gasteiger partial charge in [0.1, 0.15) is 11.7 Å². The van der Waals surface area contributed by atoms with Gasteiger partial charge in [0.25, 0.3) is 0 Å². The van der Waals surface area contributed by atoms with E-state index in [1.807, 2.05) is 27.7 Å². The molecule has 0 amide bonds. The van der Waals surface area contributed by atoms with Gasteiger partial charge in [0.05, 0.1) is 12.0 Å². The summed E-state index contributed by atoms with van der Waals surface area (Å²) >= 11 is 0. The third-order valence-corrected chi connectivity index (χ3v) is 5.95. The lowest BCUT2D eigenvalue weighted by Crippen LogP contribution is -2.45. The molecule has 0 saturated heterocycles. The average Bonchev–Trinajstić information content (AvgIpc) is 2.62. The summed E-state index contributed by atoms with van der Waals surface area (Å²) in [6.07, 6.45) is 10.1. The van der Waals surface area contributed by atoms with Gasteiger partial charge >= 0.3 is 5.97 Å². The maximum absolute atomic E-state index is 12.8. The van der Waals surface area contributed by atoms with Crippen LogP contribution in [0.4, 0.5) is 0 Å². The van der Waals surface area contributed by atoms with Crippen molar-refractivity contribution in [2.45, 2.75) is 110 Å². The van der Waals surface area contributed by atoms with E-state index in [9.17, 15) is 9.59 Å². The van der Waals surface area contributed by atoms with Gasteiger partial charge in [-0.25, -0.2) is 0 Å². The van der Waals surface area contributed by atoms with Crippen LogP contribution in [0.25, 0.3) is 0 Å². The van der Waals surface area contributed by atoms with Crippen molar-refractivity contribution in [3.05, 3.63) is 0 Å². The maximum Gasteiger partial charge on any atom is 0.309 e. The fourth-order valence-corrected chi connectivity index (χ4v) is 4.19. The smallest absolute Gasteiger partial charge is 0.309 e. The number of Topliss-reactive ketones (excluding diaryl/α,β-unsaturated/α-hetero) is 1. The monoisotopic (exact) mass is 352 g/mol. The zero-order valence-corrected chi connectivity index (χ0v) is 16.5. The summed E-state index contributed by atoms with van der Waals surface area (Å²) < 4.78 is 11.7. The second-order valence-corrected chi connectivity index (χ2v) is 8.51. The molecule has 2 atom stereocenters. The van der Waals surface area contributed by atoms with Gasteiger partial charge in [-0.2, -0.15) is 0 Å². The molecule has 0 spiro atoms. The summed E-state index contributed by atoms with van der Waals surface area (Å²) in [6.45, 7) is 7.48. The van der Waals surface area contributed by atoms with Crippen LogP contribution in [0.5, 0.6) is 0 Å². The highest BCUT2D eigenvalue weighted by Gasteiger charge is 2.38. The van der Waals surface area contributed by atoms with E-state index in [-0.39, 0.29) is 35.8 Å². The number of ketones is 1. The van der Waals surface area contributed by atoms with Crippen molar-refractivity contribution in [1.29, 1.82) is 0 Å². The summed E-state index contributed by atoms with van der Waals surface area (Å²) in [7, 11) is 0. The molecule has 2 fully saturated rings. The lowest BCUT2D eigenvalue weighted by molar-refractivity contribution is -0.174. The highest BCUT2D eigenvalue weighted by Crippen LogP contribution is 2.31. The van der Waals surface area contributed by atoms with E-state index in [1.54, 1.807) is 0 Å². The van der Waals surface area contributed by atoms with Gasteiger partial charge in [0.15, 0.2) is 5.78 Å². The van der Waals surface area contributed by atoms with Crippen LogP contribution in [-0.2, 0) is 19.1 Å². The first-order valence-electron chi connectivity index (χ1n) is 10.2. The molecular formula is C21H36O4. The van der Waals surface area contributed by atoms with Crippen LogP contribution in [0.15, 0.2) is 0 Å². The molecule has 0 N–H and O–H groups in total. The Morgan fingerprint density at radius 3 is 1.80 bits per heavy atom. The summed E-state index contributed by atoms with van der Waals surface area (Å²) in [6, 6.07) is 0. The standard InChI is InChI=1S/C21H36O4/c1-15(24-20(23)18-13-9-6-10-14-18)16(2)25-21(3,4)19(22)17-11-7-5-8-12-17/h15-18H,5-14H2,1-4H3. The zero-order valence-electron chi connectivity index (χ0n) is 16.5. The van der Waals surface area contributed by atoms with E-state index in [4.69, 9.17) is 9.47 Å². The topological polar surface area (TPSA) is 52.6 Å². The van der Waals surface area contributed by atoms with Gasteiger partial charge in [0.2, 0.25) is 0 Å². The lowest BCUT2D eigenvalue weighted by atomic mass is 9.81. The van der Waals surface area contributed by atoms with Crippen LogP contribution in [0, 0.1) is 11.8 Å². The van der Waals surface area contributed by atoms with Crippen molar-refractivity contribution in [1.82, 2.24) is 0 Å². The van der Waals surface area contributed by atoms with Crippen LogP contribution < -0.4 is 0 Å². The van der Waals surface area contributed by atoms with Crippen LogP contribution in [0.1, 0.15) is 91.9 Å². The first-order chi connectivity index (χ1) is 11.8. The highest BCUT2D eigenvalue weighted by molar-refractivity contribution is 5.88. The van der Waals surface area contributed by atoms with Crippen molar-refractivity contribution in [2.24, 2.45) is 11.8 Å². The van der Waals surface area contributed by atoms with Gasteiger partial charge in [-0.15, -0.1) is 0 Å². The molecule has 0 aromatic carbocycles. The average molecular weight is 353 g/mol. The van der Waals surface area contributed by atoms with Crippen molar-refractivity contribution in [3.63, 3.8) is 0 Å². The van der Waals surface area contributed by atoms with Gasteiger partial charge in [-0.3, -0.25) is 9.59 Å². The zero-order chi connectivity index (χ0) is 18.4. The predicted molar refractivity (Wildman–Crippen MR) is 98.3 cm³/mol. The number of hydrogen-bond donors (Lipinski definition) is 0. The second-order valence-electron chi connectivity index (χ2n) is 8.51. The van der Waals surface area contributed by atoms with Gasteiger partial charge in [-0.05, 0) is 53.4 Å². The molecule has 2 saturated carbocycles. The van der Waals surface area contributed by atoms with E-state index in [0.717, 1.165) is 51.4 Å².